The molecular formula is C14H18N2O5. The van der Waals surface area contributed by atoms with Gasteiger partial charge in [0.25, 0.3) is 0 Å². The molecule has 3 N–H and O–H groups in total. The van der Waals surface area contributed by atoms with Gasteiger partial charge in [-0.3, -0.25) is 10.1 Å². The topological polar surface area (TPSA) is 113 Å². The quantitative estimate of drug-likeness (QED) is 0.567. The van der Waals surface area contributed by atoms with E-state index in [9.17, 15) is 20.0 Å². The fourth-order valence-electron chi connectivity index (χ4n) is 2.85. The molecule has 1 aliphatic rings. The van der Waals surface area contributed by atoms with Crippen molar-refractivity contribution in [3.05, 3.63) is 33.9 Å². The summed E-state index contributed by atoms with van der Waals surface area (Å²) in [7, 11) is 0. The summed E-state index contributed by atoms with van der Waals surface area (Å²) in [5.41, 5.74) is -0.557. The fraction of sp³-hybridized carbons (Fsp3) is 0.500. The molecule has 2 rings (SSSR count). The minimum atomic E-state index is -1.33. The van der Waals surface area contributed by atoms with Crippen LogP contribution in [0.15, 0.2) is 18.2 Å². The standard InChI is InChI=1S/C14H18N2O5/c17-8-9-4-1-2-6-11(9)15-12-7-3-5-10(14(18)19)13(12)16(20)21/h3,5,7,9,11,15,17H,1-2,4,6,8H2,(H,18,19). The van der Waals surface area contributed by atoms with Gasteiger partial charge in [0.1, 0.15) is 11.3 Å². The van der Waals surface area contributed by atoms with Crippen molar-refractivity contribution < 1.29 is 19.9 Å². The number of nitrogens with one attached hydrogen (secondary N) is 1. The molecule has 0 saturated heterocycles. The lowest BCUT2D eigenvalue weighted by molar-refractivity contribution is -0.384. The minimum absolute atomic E-state index is 0.0179. The molecule has 1 saturated carbocycles. The van der Waals surface area contributed by atoms with E-state index >= 15 is 0 Å². The van der Waals surface area contributed by atoms with Crippen LogP contribution in [-0.2, 0) is 0 Å². The zero-order valence-electron chi connectivity index (χ0n) is 11.5. The number of nitro benzene ring substituents is 1. The van der Waals surface area contributed by atoms with Gasteiger partial charge in [-0.15, -0.1) is 0 Å². The van der Waals surface area contributed by atoms with Crippen molar-refractivity contribution in [1.82, 2.24) is 0 Å². The Hall–Kier alpha value is -2.15. The number of aliphatic hydroxyl groups is 1. The highest BCUT2D eigenvalue weighted by atomic mass is 16.6. The number of benzene rings is 1. The third-order valence-electron chi connectivity index (χ3n) is 3.93. The molecule has 0 aromatic heterocycles. The number of para-hydroxylation sites is 1. The Morgan fingerprint density at radius 1 is 1.38 bits per heavy atom. The summed E-state index contributed by atoms with van der Waals surface area (Å²) in [6, 6.07) is 4.13. The van der Waals surface area contributed by atoms with Crippen LogP contribution in [0.5, 0.6) is 0 Å². The van der Waals surface area contributed by atoms with Crippen LogP contribution in [0.2, 0.25) is 0 Å². The number of carboxylic acids is 1. The van der Waals surface area contributed by atoms with E-state index in [1.165, 1.54) is 18.2 Å². The van der Waals surface area contributed by atoms with E-state index in [1.807, 2.05) is 0 Å². The maximum Gasteiger partial charge on any atom is 0.342 e. The van der Waals surface area contributed by atoms with E-state index in [0.717, 1.165) is 25.7 Å². The molecule has 2 atom stereocenters. The number of rotatable bonds is 5. The molecule has 0 spiro atoms. The van der Waals surface area contributed by atoms with Gasteiger partial charge in [-0.1, -0.05) is 18.9 Å². The lowest BCUT2D eigenvalue weighted by Crippen LogP contribution is -2.34. The maximum absolute atomic E-state index is 11.2. The van der Waals surface area contributed by atoms with Crippen molar-refractivity contribution in [2.45, 2.75) is 31.7 Å². The Morgan fingerprint density at radius 2 is 2.10 bits per heavy atom. The van der Waals surface area contributed by atoms with Gasteiger partial charge in [-0.25, -0.2) is 4.79 Å². The number of carbonyl (C=O) groups is 1. The third-order valence-corrected chi connectivity index (χ3v) is 3.93. The number of nitro groups is 1. The molecular weight excluding hydrogens is 276 g/mol. The van der Waals surface area contributed by atoms with Gasteiger partial charge >= 0.3 is 11.7 Å². The number of aromatic carboxylic acids is 1. The van der Waals surface area contributed by atoms with Crippen LogP contribution in [-0.4, -0.2) is 33.8 Å². The van der Waals surface area contributed by atoms with Gasteiger partial charge in [0.05, 0.1) is 4.92 Å². The number of hydrogen-bond donors (Lipinski definition) is 3. The second-order valence-electron chi connectivity index (χ2n) is 5.24. The number of hydrogen-bond acceptors (Lipinski definition) is 5. The normalized spacial score (nSPS) is 21.8. The molecule has 0 amide bonds. The number of nitrogens with zero attached hydrogens (tertiary/aromatic N) is 1. The SMILES string of the molecule is O=C(O)c1cccc(NC2CCCCC2CO)c1[N+](=O)[O-]. The van der Waals surface area contributed by atoms with Crippen molar-refractivity contribution in [3.8, 4) is 0 Å². The van der Waals surface area contributed by atoms with Gasteiger partial charge in [-0.2, -0.15) is 0 Å². The van der Waals surface area contributed by atoms with Gasteiger partial charge < -0.3 is 15.5 Å². The number of carboxylic acid groups (broad SMARTS) is 1. The predicted molar refractivity (Wildman–Crippen MR) is 76.5 cm³/mol. The zero-order chi connectivity index (χ0) is 15.4. The molecule has 21 heavy (non-hydrogen) atoms. The zero-order valence-corrected chi connectivity index (χ0v) is 11.5. The van der Waals surface area contributed by atoms with Crippen LogP contribution in [0.3, 0.4) is 0 Å². The maximum atomic E-state index is 11.2. The van der Waals surface area contributed by atoms with E-state index in [-0.39, 0.29) is 29.8 Å². The van der Waals surface area contributed by atoms with Crippen LogP contribution in [0.1, 0.15) is 36.0 Å². The summed E-state index contributed by atoms with van der Waals surface area (Å²) in [5.74, 6) is -1.29. The van der Waals surface area contributed by atoms with Gasteiger partial charge in [0.2, 0.25) is 0 Å². The number of anilines is 1. The molecule has 1 aromatic rings. The third kappa shape index (κ3) is 3.30. The first-order valence-corrected chi connectivity index (χ1v) is 6.92. The van der Waals surface area contributed by atoms with E-state index in [1.54, 1.807) is 0 Å². The second kappa shape index (κ2) is 6.53. The van der Waals surface area contributed by atoms with Crippen LogP contribution in [0.4, 0.5) is 11.4 Å². The first kappa shape index (κ1) is 15.2. The first-order valence-electron chi connectivity index (χ1n) is 6.92. The van der Waals surface area contributed by atoms with Gasteiger partial charge in [-0.05, 0) is 25.0 Å². The predicted octanol–water partition coefficient (Wildman–Crippen LogP) is 2.26. The van der Waals surface area contributed by atoms with E-state index in [2.05, 4.69) is 5.32 Å². The average molecular weight is 294 g/mol. The largest absolute Gasteiger partial charge is 0.477 e. The summed E-state index contributed by atoms with van der Waals surface area (Å²) in [6.45, 7) is 0.0179. The Morgan fingerprint density at radius 3 is 2.71 bits per heavy atom. The Bertz CT molecular complexity index is 546. The van der Waals surface area contributed by atoms with Crippen molar-refractivity contribution in [2.75, 3.05) is 11.9 Å². The Kier molecular flexibility index (Phi) is 4.74. The Balaban J connectivity index is 2.32. The highest BCUT2D eigenvalue weighted by Crippen LogP contribution is 2.33. The van der Waals surface area contributed by atoms with Crippen molar-refractivity contribution in [1.29, 1.82) is 0 Å². The summed E-state index contributed by atoms with van der Waals surface area (Å²) < 4.78 is 0. The highest BCUT2D eigenvalue weighted by Gasteiger charge is 2.29. The van der Waals surface area contributed by atoms with E-state index < -0.39 is 16.6 Å². The second-order valence-corrected chi connectivity index (χ2v) is 5.24. The molecule has 1 aromatic carbocycles. The van der Waals surface area contributed by atoms with Gasteiger partial charge in [0, 0.05) is 18.6 Å². The molecule has 114 valence electrons. The summed E-state index contributed by atoms with van der Waals surface area (Å²) in [4.78, 5) is 21.6. The first-order chi connectivity index (χ1) is 10.0. The minimum Gasteiger partial charge on any atom is -0.477 e. The van der Waals surface area contributed by atoms with E-state index in [0.29, 0.717) is 0 Å². The number of aliphatic hydroxyl groups excluding tert-OH is 1. The summed E-state index contributed by atoms with van der Waals surface area (Å²) >= 11 is 0. The lowest BCUT2D eigenvalue weighted by Gasteiger charge is -2.31. The van der Waals surface area contributed by atoms with Crippen molar-refractivity contribution in [2.24, 2.45) is 5.92 Å². The monoisotopic (exact) mass is 294 g/mol. The molecule has 2 unspecified atom stereocenters. The molecule has 0 heterocycles. The highest BCUT2D eigenvalue weighted by molar-refractivity contribution is 5.95. The van der Waals surface area contributed by atoms with Crippen LogP contribution in [0.25, 0.3) is 0 Å². The summed E-state index contributed by atoms with van der Waals surface area (Å²) in [5, 5.41) is 32.7. The molecule has 7 heteroatoms. The Labute approximate surface area is 121 Å². The van der Waals surface area contributed by atoms with Crippen LogP contribution in [0, 0.1) is 16.0 Å². The van der Waals surface area contributed by atoms with Gasteiger partial charge in [0.15, 0.2) is 0 Å². The molecule has 0 aliphatic heterocycles. The molecule has 1 aliphatic carbocycles. The summed E-state index contributed by atoms with van der Waals surface area (Å²) in [6.07, 6.45) is 3.68. The fourth-order valence-corrected chi connectivity index (χ4v) is 2.85. The van der Waals surface area contributed by atoms with Crippen molar-refractivity contribution in [3.63, 3.8) is 0 Å². The molecule has 0 radical (unpaired) electrons. The smallest absolute Gasteiger partial charge is 0.342 e. The molecule has 1 fully saturated rings. The van der Waals surface area contributed by atoms with Crippen molar-refractivity contribution >= 4 is 17.3 Å². The van der Waals surface area contributed by atoms with Crippen LogP contribution < -0.4 is 5.32 Å². The van der Waals surface area contributed by atoms with E-state index in [4.69, 9.17) is 5.11 Å². The average Bonchev–Trinajstić information content (AvgIpc) is 2.47. The van der Waals surface area contributed by atoms with Crippen LogP contribution >= 0.6 is 0 Å². The molecule has 0 bridgehead atoms. The molecule has 7 nitrogen and oxygen atoms in total. The lowest BCUT2D eigenvalue weighted by atomic mass is 9.85.